The first-order valence-corrected chi connectivity index (χ1v) is 16.9. The van der Waals surface area contributed by atoms with Crippen LogP contribution in [0.15, 0.2) is 53.4 Å². The second-order valence-corrected chi connectivity index (χ2v) is 14.9. The van der Waals surface area contributed by atoms with Gasteiger partial charge in [-0.15, -0.1) is 3.89 Å². The number of ether oxygens (including phenoxy) is 1. The van der Waals surface area contributed by atoms with Crippen molar-refractivity contribution in [2.45, 2.75) is 82.7 Å². The molecule has 0 saturated carbocycles. The predicted octanol–water partition coefficient (Wildman–Crippen LogP) is 5.53. The number of hydrogen-bond acceptors (Lipinski definition) is 7. The number of imidazole rings is 1. The van der Waals surface area contributed by atoms with Gasteiger partial charge in [0.15, 0.2) is 5.82 Å². The first kappa shape index (κ1) is 31.9. The highest BCUT2D eigenvalue weighted by Crippen LogP contribution is 2.37. The maximum Gasteiger partial charge on any atom is 0.432 e. The number of carbonyl (C=O) groups is 1. The summed E-state index contributed by atoms with van der Waals surface area (Å²) in [5.41, 5.74) is 9.70. The van der Waals surface area contributed by atoms with E-state index in [9.17, 15) is 13.2 Å². The Kier molecular flexibility index (Phi) is 9.02. The largest absolute Gasteiger partial charge is 0.432 e. The number of methoxy groups -OCH3 is 1. The molecule has 0 spiro atoms. The van der Waals surface area contributed by atoms with Gasteiger partial charge in [0.25, 0.3) is 0 Å². The molecule has 1 saturated heterocycles. The van der Waals surface area contributed by atoms with Crippen LogP contribution in [0.5, 0.6) is 0 Å². The number of urea groups is 1. The molecule has 2 atom stereocenters. The molecule has 1 unspecified atom stereocenters. The van der Waals surface area contributed by atoms with Crippen molar-refractivity contribution in [1.29, 1.82) is 0 Å². The predicted molar refractivity (Wildman–Crippen MR) is 174 cm³/mol. The van der Waals surface area contributed by atoms with Gasteiger partial charge in [0, 0.05) is 44.8 Å². The van der Waals surface area contributed by atoms with Gasteiger partial charge in [-0.2, -0.15) is 8.42 Å². The van der Waals surface area contributed by atoms with Crippen molar-refractivity contribution in [1.82, 2.24) is 19.9 Å². The molecule has 2 aromatic carbocycles. The maximum absolute atomic E-state index is 14.1. The van der Waals surface area contributed by atoms with Gasteiger partial charge in [0.2, 0.25) is 0 Å². The third kappa shape index (κ3) is 5.68. The number of quaternary nitrogens is 1. The summed E-state index contributed by atoms with van der Waals surface area (Å²) in [6.07, 6.45) is 3.40. The van der Waals surface area contributed by atoms with Gasteiger partial charge in [0.1, 0.15) is 28.8 Å². The van der Waals surface area contributed by atoms with E-state index in [1.807, 2.05) is 43.3 Å². The minimum atomic E-state index is -3.97. The normalized spacial score (nSPS) is 19.2. The Bertz CT molecular complexity index is 1760. The zero-order valence-corrected chi connectivity index (χ0v) is 27.3. The van der Waals surface area contributed by atoms with E-state index in [0.29, 0.717) is 56.7 Å². The Morgan fingerprint density at radius 3 is 2.50 bits per heavy atom. The van der Waals surface area contributed by atoms with Crippen LogP contribution in [-0.2, 0) is 33.1 Å². The van der Waals surface area contributed by atoms with Crippen LogP contribution in [-0.4, -0.2) is 65.7 Å². The molecule has 0 radical (unpaired) electrons. The summed E-state index contributed by atoms with van der Waals surface area (Å²) in [5.74, 6) is 1.26. The molecular formula is C33H45N6O4S+. The van der Waals surface area contributed by atoms with Crippen molar-refractivity contribution in [3.05, 3.63) is 59.9 Å². The van der Waals surface area contributed by atoms with Gasteiger partial charge in [-0.25, -0.2) is 14.8 Å². The zero-order chi connectivity index (χ0) is 31.7. The number of aryl methyl sites for hydroxylation is 1. The second kappa shape index (κ2) is 12.5. The lowest BCUT2D eigenvalue weighted by Gasteiger charge is -2.34. The molecule has 236 valence electrons. The number of unbranched alkanes of at least 4 members (excludes halogenated alkanes) is 1. The molecule has 4 aromatic rings. The average Bonchev–Trinajstić information content (AvgIpc) is 3.57. The fourth-order valence-electron chi connectivity index (χ4n) is 6.39. The van der Waals surface area contributed by atoms with E-state index in [0.717, 1.165) is 34.2 Å². The van der Waals surface area contributed by atoms with Crippen molar-refractivity contribution in [2.75, 3.05) is 32.5 Å². The highest BCUT2D eigenvalue weighted by molar-refractivity contribution is 7.86. The van der Waals surface area contributed by atoms with Gasteiger partial charge >= 0.3 is 16.1 Å². The minimum absolute atomic E-state index is 0.100. The molecule has 11 heteroatoms. The number of pyridine rings is 1. The van der Waals surface area contributed by atoms with Crippen LogP contribution < -0.4 is 11.1 Å². The van der Waals surface area contributed by atoms with E-state index in [1.54, 1.807) is 19.2 Å². The van der Waals surface area contributed by atoms with E-state index in [1.165, 1.54) is 0 Å². The third-order valence-electron chi connectivity index (χ3n) is 8.92. The number of para-hydroxylation sites is 1. The minimum Gasteiger partial charge on any atom is -0.384 e. The fourth-order valence-corrected chi connectivity index (χ4v) is 8.48. The lowest BCUT2D eigenvalue weighted by atomic mass is 9.87. The highest BCUT2D eigenvalue weighted by atomic mass is 32.2. The average molecular weight is 622 g/mol. The smallest absolute Gasteiger partial charge is 0.384 e. The molecule has 1 aliphatic rings. The Morgan fingerprint density at radius 2 is 1.84 bits per heavy atom. The van der Waals surface area contributed by atoms with Crippen molar-refractivity contribution in [3.8, 4) is 0 Å². The molecular weight excluding hydrogens is 576 g/mol. The van der Waals surface area contributed by atoms with Crippen molar-refractivity contribution < 1.29 is 21.8 Å². The fraction of sp³-hybridized carbons (Fsp3) is 0.485. The number of nitrogen functional groups attached to an aromatic ring is 1. The molecule has 10 nitrogen and oxygen atoms in total. The number of anilines is 1. The second-order valence-electron chi connectivity index (χ2n) is 12.8. The van der Waals surface area contributed by atoms with E-state index >= 15 is 0 Å². The van der Waals surface area contributed by atoms with Gasteiger partial charge in [-0.3, -0.25) is 0 Å². The van der Waals surface area contributed by atoms with Crippen LogP contribution in [0, 0.1) is 0 Å². The lowest BCUT2D eigenvalue weighted by molar-refractivity contribution is -0.733. The molecule has 44 heavy (non-hydrogen) atoms. The molecule has 0 bridgehead atoms. The molecule has 1 aliphatic heterocycles. The van der Waals surface area contributed by atoms with Crippen molar-refractivity contribution in [3.63, 3.8) is 0 Å². The van der Waals surface area contributed by atoms with Crippen LogP contribution in [0.3, 0.4) is 0 Å². The standard InChI is InChI=1S/C33H44N6O4S/c1-23-11-10-21-39(23,44(41,42)25-16-14-24(15-17-25)33(2,3)4)32(40)35-19-8-9-20-38-28(18-22-43-5)37-29-30(38)26-12-6-7-13-27(26)36-31(29)34/h6-7,12-17,23H,8-11,18-22H2,1-5H3,(H2-,34,35,36,40)/p+1/t23-,39?/m1/s1. The van der Waals surface area contributed by atoms with Crippen LogP contribution in [0.2, 0.25) is 0 Å². The summed E-state index contributed by atoms with van der Waals surface area (Å²) in [7, 11) is -2.30. The van der Waals surface area contributed by atoms with Gasteiger partial charge in [0.05, 0.1) is 17.6 Å². The molecule has 3 heterocycles. The number of nitrogens with zero attached hydrogens (tertiary/aromatic N) is 4. The molecule has 2 amide bonds. The number of likely N-dealkylation sites (tertiary alicyclic amines) is 1. The molecule has 1 fully saturated rings. The Balaban J connectivity index is 1.32. The highest BCUT2D eigenvalue weighted by Gasteiger charge is 2.56. The number of nitrogens with one attached hydrogen (secondary N) is 1. The number of aromatic nitrogens is 3. The quantitative estimate of drug-likeness (QED) is 0.176. The van der Waals surface area contributed by atoms with Gasteiger partial charge in [-0.05, 0) is 48.9 Å². The number of benzene rings is 2. The number of carbonyl (C=O) groups excluding carboxylic acids is 1. The number of sulfonamides is 1. The van der Waals surface area contributed by atoms with Crippen molar-refractivity contribution in [2.24, 2.45) is 0 Å². The van der Waals surface area contributed by atoms with Crippen molar-refractivity contribution >= 4 is 43.8 Å². The van der Waals surface area contributed by atoms with Crippen LogP contribution in [0.1, 0.15) is 64.8 Å². The van der Waals surface area contributed by atoms with E-state index in [-0.39, 0.29) is 22.9 Å². The summed E-state index contributed by atoms with van der Waals surface area (Å²) in [4.78, 5) is 23.3. The number of hydrogen-bond donors (Lipinski definition) is 2. The summed E-state index contributed by atoms with van der Waals surface area (Å²) in [6, 6.07) is 14.1. The van der Waals surface area contributed by atoms with Crippen LogP contribution >= 0.6 is 0 Å². The van der Waals surface area contributed by atoms with E-state index in [2.05, 4.69) is 35.6 Å². The van der Waals surface area contributed by atoms with Crippen LogP contribution in [0.4, 0.5) is 10.6 Å². The molecule has 5 rings (SSSR count). The van der Waals surface area contributed by atoms with Gasteiger partial charge < -0.3 is 20.4 Å². The lowest BCUT2D eigenvalue weighted by Crippen LogP contribution is -2.62. The van der Waals surface area contributed by atoms with Crippen LogP contribution in [0.25, 0.3) is 21.9 Å². The summed E-state index contributed by atoms with van der Waals surface area (Å²) in [5, 5.41) is 3.97. The first-order chi connectivity index (χ1) is 20.9. The zero-order valence-electron chi connectivity index (χ0n) is 26.5. The number of fused-ring (bicyclic) bond motifs is 3. The first-order valence-electron chi connectivity index (χ1n) is 15.5. The summed E-state index contributed by atoms with van der Waals surface area (Å²) < 4.78 is 35.1. The van der Waals surface area contributed by atoms with E-state index in [4.69, 9.17) is 15.5 Å². The molecule has 3 N–H and O–H groups in total. The Morgan fingerprint density at radius 1 is 1.11 bits per heavy atom. The number of amides is 2. The molecule has 2 aromatic heterocycles. The summed E-state index contributed by atoms with van der Waals surface area (Å²) >= 11 is 0. The monoisotopic (exact) mass is 621 g/mol. The molecule has 0 aliphatic carbocycles. The SMILES string of the molecule is COCCc1nc2c(N)nc3ccccc3c2n1CCCCNC(=O)[N+]1(S(=O)(=O)c2ccc(C(C)(C)C)cc2)CCC[C@H]1C. The topological polar surface area (TPSA) is 129 Å². The van der Waals surface area contributed by atoms with E-state index < -0.39 is 19.9 Å². The Hall–Kier alpha value is -3.54. The third-order valence-corrected chi connectivity index (χ3v) is 11.4. The number of rotatable bonds is 10. The number of nitrogens with two attached hydrogens (primary N) is 1. The summed E-state index contributed by atoms with van der Waals surface area (Å²) in [6.45, 7) is 9.95. The van der Waals surface area contributed by atoms with Gasteiger partial charge in [-0.1, -0.05) is 51.1 Å². The Labute approximate surface area is 260 Å². The maximum atomic E-state index is 14.1.